The first-order chi connectivity index (χ1) is 11.6. The van der Waals surface area contributed by atoms with Crippen molar-refractivity contribution in [2.45, 2.75) is 36.8 Å². The largest absolute Gasteiger partial charge is 0.481 e. The SMILES string of the molecule is CC1Oc2ccc(S(=O)(=O)NC(CCC(=O)O)C(=O)O)cc2NC1=O. The van der Waals surface area contributed by atoms with Crippen LogP contribution in [0.5, 0.6) is 5.75 Å². The molecule has 10 nitrogen and oxygen atoms in total. The fourth-order valence-corrected chi connectivity index (χ4v) is 3.36. The number of carbonyl (C=O) groups excluding carboxylic acids is 1. The summed E-state index contributed by atoms with van der Waals surface area (Å²) in [4.78, 5) is 33.0. The highest BCUT2D eigenvalue weighted by molar-refractivity contribution is 7.89. The molecule has 1 aromatic rings. The van der Waals surface area contributed by atoms with E-state index in [2.05, 4.69) is 5.32 Å². The number of aliphatic carboxylic acids is 2. The van der Waals surface area contributed by atoms with Gasteiger partial charge < -0.3 is 20.3 Å². The third-order valence-corrected chi connectivity index (χ3v) is 4.90. The Morgan fingerprint density at radius 2 is 2.04 bits per heavy atom. The highest BCUT2D eigenvalue weighted by Crippen LogP contribution is 2.31. The highest BCUT2D eigenvalue weighted by Gasteiger charge is 2.29. The van der Waals surface area contributed by atoms with Gasteiger partial charge in [-0.15, -0.1) is 0 Å². The van der Waals surface area contributed by atoms with Crippen LogP contribution in [0.2, 0.25) is 0 Å². The van der Waals surface area contributed by atoms with Crippen molar-refractivity contribution < 1.29 is 37.8 Å². The maximum atomic E-state index is 12.3. The fourth-order valence-electron chi connectivity index (χ4n) is 2.11. The number of hydrogen-bond donors (Lipinski definition) is 4. The molecule has 4 N–H and O–H groups in total. The molecular formula is C14H16N2O8S. The molecule has 2 rings (SSSR count). The van der Waals surface area contributed by atoms with Crippen molar-refractivity contribution >= 4 is 33.6 Å². The summed E-state index contributed by atoms with van der Waals surface area (Å²) in [5.41, 5.74) is 0.142. The number of carbonyl (C=O) groups is 3. The summed E-state index contributed by atoms with van der Waals surface area (Å²) in [7, 11) is -4.25. The molecule has 0 fully saturated rings. The molecule has 0 saturated carbocycles. The second-order valence-corrected chi connectivity index (χ2v) is 7.07. The van der Waals surface area contributed by atoms with Gasteiger partial charge in [0.05, 0.1) is 10.6 Å². The number of nitrogens with one attached hydrogen (secondary N) is 2. The van der Waals surface area contributed by atoms with E-state index < -0.39 is 52.9 Å². The average Bonchev–Trinajstić information content (AvgIpc) is 2.51. The van der Waals surface area contributed by atoms with E-state index in [4.69, 9.17) is 14.9 Å². The fraction of sp³-hybridized carbons (Fsp3) is 0.357. The summed E-state index contributed by atoms with van der Waals surface area (Å²) in [5, 5.41) is 20.2. The molecule has 2 atom stereocenters. The van der Waals surface area contributed by atoms with E-state index in [-0.39, 0.29) is 16.3 Å². The van der Waals surface area contributed by atoms with Gasteiger partial charge in [0.25, 0.3) is 5.91 Å². The Morgan fingerprint density at radius 3 is 2.64 bits per heavy atom. The Morgan fingerprint density at radius 1 is 1.36 bits per heavy atom. The monoisotopic (exact) mass is 372 g/mol. The zero-order chi connectivity index (χ0) is 18.8. The van der Waals surface area contributed by atoms with Gasteiger partial charge >= 0.3 is 11.9 Å². The Bertz CT molecular complexity index is 820. The van der Waals surface area contributed by atoms with E-state index in [1.165, 1.54) is 19.1 Å². The Labute approximate surface area is 142 Å². The molecule has 25 heavy (non-hydrogen) atoms. The topological polar surface area (TPSA) is 159 Å². The van der Waals surface area contributed by atoms with E-state index in [0.29, 0.717) is 0 Å². The zero-order valence-corrected chi connectivity index (χ0v) is 13.9. The Hall–Kier alpha value is -2.66. The lowest BCUT2D eigenvalue weighted by atomic mass is 10.2. The van der Waals surface area contributed by atoms with Crippen molar-refractivity contribution in [3.8, 4) is 5.75 Å². The Kier molecular flexibility index (Phi) is 5.28. The van der Waals surface area contributed by atoms with Gasteiger partial charge in [-0.05, 0) is 31.5 Å². The normalized spacial score (nSPS) is 17.8. The summed E-state index contributed by atoms with van der Waals surface area (Å²) >= 11 is 0. The van der Waals surface area contributed by atoms with Crippen LogP contribution in [0.4, 0.5) is 5.69 Å². The summed E-state index contributed by atoms with van der Waals surface area (Å²) in [6, 6.07) is 2.08. The number of carboxylic acid groups (broad SMARTS) is 2. The standard InChI is InChI=1S/C14H16N2O8S/c1-7-13(19)15-10-6-8(2-4-11(10)24-7)25(22,23)16-9(14(20)21)3-5-12(17)18/h2,4,6-7,9,16H,3,5H2,1H3,(H,15,19)(H,17,18)(H,20,21). The molecule has 2 unspecified atom stereocenters. The van der Waals surface area contributed by atoms with Gasteiger partial charge in [0, 0.05) is 6.42 Å². The van der Waals surface area contributed by atoms with Gasteiger partial charge in [-0.2, -0.15) is 4.72 Å². The van der Waals surface area contributed by atoms with Crippen LogP contribution < -0.4 is 14.8 Å². The van der Waals surface area contributed by atoms with E-state index >= 15 is 0 Å². The van der Waals surface area contributed by atoms with Crippen LogP contribution in [0.1, 0.15) is 19.8 Å². The first-order valence-corrected chi connectivity index (χ1v) is 8.67. The van der Waals surface area contributed by atoms with E-state index in [1.54, 1.807) is 0 Å². The van der Waals surface area contributed by atoms with Crippen molar-refractivity contribution in [1.82, 2.24) is 4.72 Å². The smallest absolute Gasteiger partial charge is 0.321 e. The third-order valence-electron chi connectivity index (χ3n) is 3.43. The van der Waals surface area contributed by atoms with Gasteiger partial charge in [0.1, 0.15) is 11.8 Å². The molecular weight excluding hydrogens is 356 g/mol. The number of hydrogen-bond acceptors (Lipinski definition) is 6. The second kappa shape index (κ2) is 7.07. The number of fused-ring (bicyclic) bond motifs is 1. The maximum absolute atomic E-state index is 12.3. The first kappa shape index (κ1) is 18.7. The molecule has 11 heteroatoms. The molecule has 0 saturated heterocycles. The van der Waals surface area contributed by atoms with Gasteiger partial charge in [-0.25, -0.2) is 8.42 Å². The van der Waals surface area contributed by atoms with Crippen molar-refractivity contribution in [2.75, 3.05) is 5.32 Å². The van der Waals surface area contributed by atoms with Crippen molar-refractivity contribution in [2.24, 2.45) is 0 Å². The number of ether oxygens (including phenoxy) is 1. The molecule has 1 heterocycles. The van der Waals surface area contributed by atoms with Crippen LogP contribution in [-0.4, -0.2) is 48.6 Å². The predicted molar refractivity (Wildman–Crippen MR) is 83.8 cm³/mol. The molecule has 1 aromatic carbocycles. The van der Waals surface area contributed by atoms with Crippen LogP contribution in [0, 0.1) is 0 Å². The average molecular weight is 372 g/mol. The highest BCUT2D eigenvalue weighted by atomic mass is 32.2. The summed E-state index contributed by atoms with van der Waals surface area (Å²) in [6.07, 6.45) is -1.64. The van der Waals surface area contributed by atoms with Gasteiger partial charge in [-0.3, -0.25) is 14.4 Å². The summed E-state index contributed by atoms with van der Waals surface area (Å²) in [5.74, 6) is -2.90. The molecule has 1 amide bonds. The van der Waals surface area contributed by atoms with E-state index in [1.807, 2.05) is 4.72 Å². The van der Waals surface area contributed by atoms with Crippen molar-refractivity contribution in [3.63, 3.8) is 0 Å². The summed E-state index contributed by atoms with van der Waals surface area (Å²) in [6.45, 7) is 1.53. The lowest BCUT2D eigenvalue weighted by Gasteiger charge is -2.23. The minimum atomic E-state index is -4.25. The summed E-state index contributed by atoms with van der Waals surface area (Å²) < 4.78 is 32.0. The number of amides is 1. The van der Waals surface area contributed by atoms with Crippen LogP contribution in [0.25, 0.3) is 0 Å². The molecule has 0 aliphatic carbocycles. The lowest BCUT2D eigenvalue weighted by molar-refractivity contribution is -0.140. The Balaban J connectivity index is 2.24. The molecule has 136 valence electrons. The van der Waals surface area contributed by atoms with E-state index in [9.17, 15) is 22.8 Å². The van der Waals surface area contributed by atoms with Crippen molar-refractivity contribution in [3.05, 3.63) is 18.2 Å². The predicted octanol–water partition coefficient (Wildman–Crippen LogP) is 0.00230. The molecule has 0 radical (unpaired) electrons. The molecule has 0 spiro atoms. The number of benzene rings is 1. The number of anilines is 1. The van der Waals surface area contributed by atoms with Crippen LogP contribution in [0.15, 0.2) is 23.1 Å². The maximum Gasteiger partial charge on any atom is 0.321 e. The molecule has 1 aliphatic heterocycles. The van der Waals surface area contributed by atoms with Gasteiger partial charge in [-0.1, -0.05) is 0 Å². The molecule has 0 bridgehead atoms. The van der Waals surface area contributed by atoms with Crippen LogP contribution >= 0.6 is 0 Å². The number of carboxylic acids is 2. The van der Waals surface area contributed by atoms with Gasteiger partial charge in [0.15, 0.2) is 6.10 Å². The molecule has 1 aliphatic rings. The van der Waals surface area contributed by atoms with Crippen LogP contribution in [0.3, 0.4) is 0 Å². The second-order valence-electron chi connectivity index (χ2n) is 5.35. The van der Waals surface area contributed by atoms with Gasteiger partial charge in [0.2, 0.25) is 10.0 Å². The van der Waals surface area contributed by atoms with Crippen LogP contribution in [-0.2, 0) is 24.4 Å². The van der Waals surface area contributed by atoms with E-state index in [0.717, 1.165) is 6.07 Å². The minimum Gasteiger partial charge on any atom is -0.481 e. The first-order valence-electron chi connectivity index (χ1n) is 7.18. The third kappa shape index (κ3) is 4.45. The minimum absolute atomic E-state index is 0.142. The van der Waals surface area contributed by atoms with Crippen molar-refractivity contribution in [1.29, 1.82) is 0 Å². The molecule has 0 aromatic heterocycles. The lowest BCUT2D eigenvalue weighted by Crippen LogP contribution is -2.41. The number of sulfonamides is 1. The zero-order valence-electron chi connectivity index (χ0n) is 13.1. The quantitative estimate of drug-likeness (QED) is 0.520. The number of rotatable bonds is 7.